The molecule has 0 bridgehead atoms. The van der Waals surface area contributed by atoms with Crippen molar-refractivity contribution in [3.8, 4) is 6.07 Å². The maximum atomic E-state index is 9.27. The third-order valence-electron chi connectivity index (χ3n) is 5.35. The first kappa shape index (κ1) is 17.4. The second-order valence-corrected chi connectivity index (χ2v) is 7.06. The first-order valence-electron chi connectivity index (χ1n) is 9.30. The predicted octanol–water partition coefficient (Wildman–Crippen LogP) is 2.31. The lowest BCUT2D eigenvalue weighted by Gasteiger charge is -2.31. The molecular formula is C20H23N7. The number of aromatic nitrogens is 5. The van der Waals surface area contributed by atoms with Crippen LogP contribution >= 0.6 is 0 Å². The normalized spacial score (nSPS) is 15.7. The summed E-state index contributed by atoms with van der Waals surface area (Å²) in [7, 11) is 2.05. The minimum absolute atomic E-state index is 0.427. The Kier molecular flexibility index (Phi) is 4.99. The standard InChI is InChI=1S/C20H23N7/c1-25-19(15-27-10-4-9-22-27)23-24-20(25)16-7-11-26(12-8-16)14-18-6-3-2-5-17(18)13-21/h2-6,9-10,16H,7-8,11-12,14-15H2,1H3. The summed E-state index contributed by atoms with van der Waals surface area (Å²) in [6.07, 6.45) is 5.83. The number of hydrogen-bond donors (Lipinski definition) is 0. The molecule has 0 unspecified atom stereocenters. The Hall–Kier alpha value is -2.98. The van der Waals surface area contributed by atoms with Crippen LogP contribution in [0.5, 0.6) is 0 Å². The van der Waals surface area contributed by atoms with Crippen LogP contribution in [-0.4, -0.2) is 42.5 Å². The van der Waals surface area contributed by atoms with Crippen molar-refractivity contribution in [1.29, 1.82) is 5.26 Å². The Morgan fingerprint density at radius 3 is 2.67 bits per heavy atom. The summed E-state index contributed by atoms with van der Waals surface area (Å²) in [4.78, 5) is 2.42. The van der Waals surface area contributed by atoms with E-state index < -0.39 is 0 Å². The maximum Gasteiger partial charge on any atom is 0.154 e. The third-order valence-corrected chi connectivity index (χ3v) is 5.35. The van der Waals surface area contributed by atoms with Gasteiger partial charge in [0.25, 0.3) is 0 Å². The summed E-state index contributed by atoms with van der Waals surface area (Å²) in [6.45, 7) is 3.48. The Morgan fingerprint density at radius 2 is 1.93 bits per heavy atom. The molecule has 4 rings (SSSR count). The van der Waals surface area contributed by atoms with E-state index in [1.807, 2.05) is 42.2 Å². The molecule has 0 amide bonds. The van der Waals surface area contributed by atoms with Crippen LogP contribution in [0.25, 0.3) is 0 Å². The zero-order valence-electron chi connectivity index (χ0n) is 15.5. The van der Waals surface area contributed by atoms with Gasteiger partial charge >= 0.3 is 0 Å². The van der Waals surface area contributed by atoms with Crippen LogP contribution < -0.4 is 0 Å². The molecule has 3 heterocycles. The molecule has 7 nitrogen and oxygen atoms in total. The number of benzene rings is 1. The summed E-state index contributed by atoms with van der Waals surface area (Å²) in [5.41, 5.74) is 1.88. The largest absolute Gasteiger partial charge is 0.316 e. The van der Waals surface area contributed by atoms with Gasteiger partial charge < -0.3 is 4.57 Å². The van der Waals surface area contributed by atoms with Gasteiger partial charge in [-0.15, -0.1) is 10.2 Å². The summed E-state index contributed by atoms with van der Waals surface area (Å²) < 4.78 is 3.98. The molecule has 1 saturated heterocycles. The Labute approximate surface area is 158 Å². The molecular weight excluding hydrogens is 338 g/mol. The first-order chi connectivity index (χ1) is 13.2. The monoisotopic (exact) mass is 361 g/mol. The van der Waals surface area contributed by atoms with E-state index in [1.165, 1.54) is 0 Å². The van der Waals surface area contributed by atoms with E-state index in [4.69, 9.17) is 0 Å². The average molecular weight is 361 g/mol. The molecule has 3 aromatic rings. The van der Waals surface area contributed by atoms with E-state index in [0.29, 0.717) is 12.5 Å². The lowest BCUT2D eigenvalue weighted by Crippen LogP contribution is -2.33. The topological polar surface area (TPSA) is 75.6 Å². The third kappa shape index (κ3) is 3.76. The molecule has 1 aliphatic heterocycles. The molecule has 1 aromatic carbocycles. The van der Waals surface area contributed by atoms with Crippen LogP contribution in [0, 0.1) is 11.3 Å². The van der Waals surface area contributed by atoms with Gasteiger partial charge in [-0.2, -0.15) is 10.4 Å². The molecule has 0 spiro atoms. The number of rotatable bonds is 5. The predicted molar refractivity (Wildman–Crippen MR) is 101 cm³/mol. The summed E-state index contributed by atoms with van der Waals surface area (Å²) in [6, 6.07) is 12.1. The Balaban J connectivity index is 1.38. The van der Waals surface area contributed by atoms with E-state index in [9.17, 15) is 5.26 Å². The van der Waals surface area contributed by atoms with Crippen molar-refractivity contribution in [3.05, 3.63) is 65.5 Å². The van der Waals surface area contributed by atoms with Gasteiger partial charge in [-0.3, -0.25) is 9.58 Å². The van der Waals surface area contributed by atoms with Crippen LogP contribution in [0.15, 0.2) is 42.7 Å². The van der Waals surface area contributed by atoms with Gasteiger partial charge in [0.05, 0.1) is 11.6 Å². The number of likely N-dealkylation sites (tertiary alicyclic amines) is 1. The van der Waals surface area contributed by atoms with Crippen LogP contribution in [0.2, 0.25) is 0 Å². The van der Waals surface area contributed by atoms with E-state index in [2.05, 4.69) is 36.9 Å². The second-order valence-electron chi connectivity index (χ2n) is 7.06. The van der Waals surface area contributed by atoms with Gasteiger partial charge in [-0.05, 0) is 43.6 Å². The lowest BCUT2D eigenvalue weighted by molar-refractivity contribution is 0.200. The van der Waals surface area contributed by atoms with Crippen molar-refractivity contribution in [3.63, 3.8) is 0 Å². The quantitative estimate of drug-likeness (QED) is 0.697. The highest BCUT2D eigenvalue weighted by Gasteiger charge is 2.25. The second kappa shape index (κ2) is 7.72. The van der Waals surface area contributed by atoms with Crippen molar-refractivity contribution in [1.82, 2.24) is 29.4 Å². The molecule has 0 saturated carbocycles. The van der Waals surface area contributed by atoms with Crippen molar-refractivity contribution in [2.75, 3.05) is 13.1 Å². The summed E-state index contributed by atoms with van der Waals surface area (Å²) >= 11 is 0. The SMILES string of the molecule is Cn1c(Cn2cccn2)nnc1C1CCN(Cc2ccccc2C#N)CC1. The first-order valence-corrected chi connectivity index (χ1v) is 9.30. The molecule has 27 heavy (non-hydrogen) atoms. The van der Waals surface area contributed by atoms with Gasteiger partial charge in [-0.1, -0.05) is 18.2 Å². The minimum Gasteiger partial charge on any atom is -0.316 e. The molecule has 2 aromatic heterocycles. The highest BCUT2D eigenvalue weighted by molar-refractivity contribution is 5.37. The number of hydrogen-bond acceptors (Lipinski definition) is 5. The lowest BCUT2D eigenvalue weighted by atomic mass is 9.95. The smallest absolute Gasteiger partial charge is 0.154 e. The molecule has 0 N–H and O–H groups in total. The fraction of sp³-hybridized carbons (Fsp3) is 0.400. The van der Waals surface area contributed by atoms with Gasteiger partial charge in [-0.25, -0.2) is 0 Å². The van der Waals surface area contributed by atoms with Gasteiger partial charge in [0, 0.05) is 31.9 Å². The van der Waals surface area contributed by atoms with E-state index in [1.54, 1.807) is 6.20 Å². The zero-order valence-corrected chi connectivity index (χ0v) is 15.5. The maximum absolute atomic E-state index is 9.27. The molecule has 1 fully saturated rings. The Bertz CT molecular complexity index is 928. The van der Waals surface area contributed by atoms with Crippen molar-refractivity contribution in [2.45, 2.75) is 31.8 Å². The van der Waals surface area contributed by atoms with Crippen LogP contribution in [0.3, 0.4) is 0 Å². The summed E-state index contributed by atoms with van der Waals surface area (Å²) in [5.74, 6) is 2.42. The minimum atomic E-state index is 0.427. The fourth-order valence-electron chi connectivity index (χ4n) is 3.76. The molecule has 0 radical (unpaired) electrons. The highest BCUT2D eigenvalue weighted by atomic mass is 15.3. The molecule has 138 valence electrons. The van der Waals surface area contributed by atoms with Crippen molar-refractivity contribution < 1.29 is 0 Å². The highest BCUT2D eigenvalue weighted by Crippen LogP contribution is 2.28. The number of nitriles is 1. The van der Waals surface area contributed by atoms with Crippen LogP contribution in [-0.2, 0) is 20.1 Å². The van der Waals surface area contributed by atoms with Gasteiger partial charge in [0.2, 0.25) is 0 Å². The molecule has 0 atom stereocenters. The average Bonchev–Trinajstić information content (AvgIpc) is 3.34. The molecule has 0 aliphatic carbocycles. The van der Waals surface area contributed by atoms with Gasteiger partial charge in [0.15, 0.2) is 5.82 Å². The van der Waals surface area contributed by atoms with Gasteiger partial charge in [0.1, 0.15) is 12.4 Å². The molecule has 7 heteroatoms. The van der Waals surface area contributed by atoms with Crippen LogP contribution in [0.4, 0.5) is 0 Å². The van der Waals surface area contributed by atoms with Crippen molar-refractivity contribution >= 4 is 0 Å². The van der Waals surface area contributed by atoms with E-state index in [0.717, 1.165) is 55.3 Å². The summed E-state index contributed by atoms with van der Waals surface area (Å²) in [5, 5.41) is 22.4. The van der Waals surface area contributed by atoms with Crippen LogP contribution in [0.1, 0.15) is 41.5 Å². The number of piperidine rings is 1. The fourth-order valence-corrected chi connectivity index (χ4v) is 3.76. The van der Waals surface area contributed by atoms with E-state index >= 15 is 0 Å². The van der Waals surface area contributed by atoms with Crippen molar-refractivity contribution in [2.24, 2.45) is 7.05 Å². The number of nitrogens with zero attached hydrogens (tertiary/aromatic N) is 7. The molecule has 1 aliphatic rings. The van der Waals surface area contributed by atoms with E-state index in [-0.39, 0.29) is 0 Å². The Morgan fingerprint density at radius 1 is 1.11 bits per heavy atom. The zero-order chi connectivity index (χ0) is 18.6.